The fraction of sp³-hybridized carbons (Fsp3) is 0.412. The Bertz CT molecular complexity index is 775. The number of rotatable bonds is 7. The van der Waals surface area contributed by atoms with Gasteiger partial charge in [-0.05, 0) is 44.0 Å². The molecule has 138 valence electrons. The summed E-state index contributed by atoms with van der Waals surface area (Å²) in [4.78, 5) is 19.5. The smallest absolute Gasteiger partial charge is 0.332 e. The largest absolute Gasteiger partial charge is 0.497 e. The molecule has 1 aliphatic heterocycles. The molecule has 2 N–H and O–H groups in total. The standard InChI is InChI=1S/C17H21N5O4/c1-11-15(22(23)24)16(20-12-5-7-13(25-2)8-6-12)21-17(19-11)18-10-14-4-3-9-26-14/h5-8,14H,3-4,9-10H2,1-2H3,(H2,18,19,20,21)/t14-/m0/s1. The van der Waals surface area contributed by atoms with Crippen LogP contribution in [0, 0.1) is 17.0 Å². The molecular formula is C17H21N5O4. The number of anilines is 3. The van der Waals surface area contributed by atoms with Crippen molar-refractivity contribution in [3.8, 4) is 5.75 Å². The third kappa shape index (κ3) is 4.17. The van der Waals surface area contributed by atoms with Crippen LogP contribution in [0.1, 0.15) is 18.5 Å². The molecule has 0 saturated carbocycles. The summed E-state index contributed by atoms with van der Waals surface area (Å²) in [5, 5.41) is 17.5. The highest BCUT2D eigenvalue weighted by molar-refractivity contribution is 5.68. The van der Waals surface area contributed by atoms with Gasteiger partial charge < -0.3 is 20.1 Å². The molecule has 1 saturated heterocycles. The number of benzene rings is 1. The Morgan fingerprint density at radius 1 is 1.35 bits per heavy atom. The van der Waals surface area contributed by atoms with Crippen molar-refractivity contribution in [2.24, 2.45) is 0 Å². The molecule has 1 aliphatic rings. The van der Waals surface area contributed by atoms with E-state index in [0.717, 1.165) is 19.4 Å². The number of ether oxygens (including phenoxy) is 2. The molecule has 0 amide bonds. The Morgan fingerprint density at radius 3 is 2.73 bits per heavy atom. The predicted molar refractivity (Wildman–Crippen MR) is 97.2 cm³/mol. The van der Waals surface area contributed by atoms with Gasteiger partial charge in [0.2, 0.25) is 11.8 Å². The number of hydrogen-bond donors (Lipinski definition) is 2. The molecule has 1 aromatic heterocycles. The number of aryl methyl sites for hydroxylation is 1. The van der Waals surface area contributed by atoms with Crippen molar-refractivity contribution in [3.05, 3.63) is 40.1 Å². The van der Waals surface area contributed by atoms with Gasteiger partial charge >= 0.3 is 5.69 Å². The highest BCUT2D eigenvalue weighted by atomic mass is 16.6. The number of nitrogens with zero attached hydrogens (tertiary/aromatic N) is 3. The van der Waals surface area contributed by atoms with Crippen LogP contribution in [0.5, 0.6) is 5.75 Å². The maximum absolute atomic E-state index is 11.4. The summed E-state index contributed by atoms with van der Waals surface area (Å²) >= 11 is 0. The van der Waals surface area contributed by atoms with Crippen LogP contribution < -0.4 is 15.4 Å². The lowest BCUT2D eigenvalue weighted by Gasteiger charge is -2.13. The van der Waals surface area contributed by atoms with E-state index in [2.05, 4.69) is 20.6 Å². The van der Waals surface area contributed by atoms with Gasteiger partial charge in [0.25, 0.3) is 0 Å². The Balaban J connectivity index is 1.83. The minimum Gasteiger partial charge on any atom is -0.497 e. The minimum absolute atomic E-state index is 0.118. The first-order chi connectivity index (χ1) is 12.6. The van der Waals surface area contributed by atoms with Crippen LogP contribution in [0.2, 0.25) is 0 Å². The molecule has 0 spiro atoms. The van der Waals surface area contributed by atoms with Crippen molar-refractivity contribution in [2.45, 2.75) is 25.9 Å². The summed E-state index contributed by atoms with van der Waals surface area (Å²) in [6.07, 6.45) is 2.14. The average Bonchev–Trinajstić information content (AvgIpc) is 3.13. The van der Waals surface area contributed by atoms with Crippen LogP contribution in [0.4, 0.5) is 23.1 Å². The molecule has 0 radical (unpaired) electrons. The highest BCUT2D eigenvalue weighted by Crippen LogP contribution is 2.30. The molecule has 1 atom stereocenters. The van der Waals surface area contributed by atoms with Gasteiger partial charge in [-0.2, -0.15) is 4.98 Å². The van der Waals surface area contributed by atoms with Crippen LogP contribution in [-0.4, -0.2) is 41.3 Å². The van der Waals surface area contributed by atoms with E-state index in [9.17, 15) is 10.1 Å². The van der Waals surface area contributed by atoms with Gasteiger partial charge in [0.15, 0.2) is 0 Å². The van der Waals surface area contributed by atoms with Crippen LogP contribution in [0.3, 0.4) is 0 Å². The van der Waals surface area contributed by atoms with Crippen LogP contribution in [0.25, 0.3) is 0 Å². The molecule has 3 rings (SSSR count). The van der Waals surface area contributed by atoms with Gasteiger partial charge in [0, 0.05) is 18.8 Å². The Hall–Kier alpha value is -2.94. The van der Waals surface area contributed by atoms with Crippen LogP contribution >= 0.6 is 0 Å². The lowest BCUT2D eigenvalue weighted by molar-refractivity contribution is -0.385. The monoisotopic (exact) mass is 359 g/mol. The average molecular weight is 359 g/mol. The molecule has 0 bridgehead atoms. The van der Waals surface area contributed by atoms with Crippen molar-refractivity contribution in [2.75, 3.05) is 30.9 Å². The van der Waals surface area contributed by atoms with Crippen molar-refractivity contribution in [1.29, 1.82) is 0 Å². The topological polar surface area (TPSA) is 111 Å². The summed E-state index contributed by atoms with van der Waals surface area (Å²) in [6.45, 7) is 2.92. The van der Waals surface area contributed by atoms with E-state index in [1.165, 1.54) is 0 Å². The molecule has 2 heterocycles. The molecule has 1 fully saturated rings. The lowest BCUT2D eigenvalue weighted by Crippen LogP contribution is -2.20. The fourth-order valence-electron chi connectivity index (χ4n) is 2.77. The van der Waals surface area contributed by atoms with Crippen molar-refractivity contribution in [1.82, 2.24) is 9.97 Å². The molecule has 2 aromatic rings. The summed E-state index contributed by atoms with van der Waals surface area (Å²) in [6, 6.07) is 7.05. The van der Waals surface area contributed by atoms with Gasteiger partial charge in [-0.3, -0.25) is 10.1 Å². The molecular weight excluding hydrogens is 338 g/mol. The number of nitro groups is 1. The zero-order valence-electron chi connectivity index (χ0n) is 14.7. The van der Waals surface area contributed by atoms with E-state index in [4.69, 9.17) is 9.47 Å². The Morgan fingerprint density at radius 2 is 2.12 bits per heavy atom. The molecule has 9 heteroatoms. The normalized spacial score (nSPS) is 16.3. The first-order valence-electron chi connectivity index (χ1n) is 8.36. The van der Waals surface area contributed by atoms with E-state index in [0.29, 0.717) is 23.9 Å². The second kappa shape index (κ2) is 7.96. The van der Waals surface area contributed by atoms with Crippen molar-refractivity contribution >= 4 is 23.1 Å². The van der Waals surface area contributed by atoms with Crippen molar-refractivity contribution in [3.63, 3.8) is 0 Å². The molecule has 9 nitrogen and oxygen atoms in total. The number of aromatic nitrogens is 2. The lowest BCUT2D eigenvalue weighted by atomic mass is 10.2. The summed E-state index contributed by atoms with van der Waals surface area (Å²) in [5.74, 6) is 1.17. The third-order valence-corrected chi connectivity index (χ3v) is 4.11. The second-order valence-electron chi connectivity index (χ2n) is 5.96. The quantitative estimate of drug-likeness (QED) is 0.573. The van der Waals surface area contributed by atoms with Crippen LogP contribution in [0.15, 0.2) is 24.3 Å². The first kappa shape index (κ1) is 17.9. The number of hydrogen-bond acceptors (Lipinski definition) is 8. The highest BCUT2D eigenvalue weighted by Gasteiger charge is 2.23. The summed E-state index contributed by atoms with van der Waals surface area (Å²) < 4.78 is 10.7. The van der Waals surface area contributed by atoms with E-state index >= 15 is 0 Å². The predicted octanol–water partition coefficient (Wildman–Crippen LogP) is 3.04. The number of methoxy groups -OCH3 is 1. The minimum atomic E-state index is -0.481. The molecule has 0 aliphatic carbocycles. The van der Waals surface area contributed by atoms with E-state index < -0.39 is 4.92 Å². The Labute approximate surface area is 150 Å². The van der Waals surface area contributed by atoms with E-state index in [-0.39, 0.29) is 23.3 Å². The number of nitrogens with one attached hydrogen (secondary N) is 2. The summed E-state index contributed by atoms with van der Waals surface area (Å²) in [7, 11) is 1.58. The third-order valence-electron chi connectivity index (χ3n) is 4.11. The maximum Gasteiger partial charge on any atom is 0.332 e. The van der Waals surface area contributed by atoms with Crippen LogP contribution in [-0.2, 0) is 4.74 Å². The van der Waals surface area contributed by atoms with Gasteiger partial charge in [0.05, 0.1) is 18.1 Å². The van der Waals surface area contributed by atoms with E-state index in [1.807, 2.05) is 0 Å². The van der Waals surface area contributed by atoms with Gasteiger partial charge in [-0.1, -0.05) is 0 Å². The molecule has 0 unspecified atom stereocenters. The Kier molecular flexibility index (Phi) is 5.47. The first-order valence-corrected chi connectivity index (χ1v) is 8.36. The zero-order chi connectivity index (χ0) is 18.5. The maximum atomic E-state index is 11.4. The second-order valence-corrected chi connectivity index (χ2v) is 5.96. The molecule has 1 aromatic carbocycles. The zero-order valence-corrected chi connectivity index (χ0v) is 14.7. The fourth-order valence-corrected chi connectivity index (χ4v) is 2.77. The van der Waals surface area contributed by atoms with Crippen molar-refractivity contribution < 1.29 is 14.4 Å². The summed E-state index contributed by atoms with van der Waals surface area (Å²) in [5.41, 5.74) is 0.802. The van der Waals surface area contributed by atoms with Gasteiger partial charge in [-0.25, -0.2) is 4.98 Å². The molecule has 26 heavy (non-hydrogen) atoms. The SMILES string of the molecule is COc1ccc(Nc2nc(NC[C@@H]3CCCO3)nc(C)c2[N+](=O)[O-])cc1. The van der Waals surface area contributed by atoms with Gasteiger partial charge in [-0.15, -0.1) is 0 Å². The van der Waals surface area contributed by atoms with E-state index in [1.54, 1.807) is 38.3 Å². The van der Waals surface area contributed by atoms with Gasteiger partial charge in [0.1, 0.15) is 11.4 Å².